The molecule has 7 nitrogen and oxygen atoms in total. The molecule has 218 valence electrons. The SMILES string of the molecule is CCC(C)C1=CC(C(C)(C)C)(C(C)(C)CC(C)(C)C)C(n2nc3ccccc3n2)C(n2nc3ccccc3n2)=C1O. The first kappa shape index (κ1) is 29.0. The molecule has 2 heterocycles. The number of benzene rings is 2. The molecule has 0 amide bonds. The Morgan fingerprint density at radius 1 is 0.805 bits per heavy atom. The Kier molecular flexibility index (Phi) is 6.95. The van der Waals surface area contributed by atoms with Crippen LogP contribution in [-0.4, -0.2) is 35.1 Å². The minimum atomic E-state index is -0.539. The minimum absolute atomic E-state index is 0.0565. The highest BCUT2D eigenvalue weighted by Gasteiger charge is 2.62. The van der Waals surface area contributed by atoms with E-state index >= 15 is 0 Å². The van der Waals surface area contributed by atoms with Gasteiger partial charge in [-0.3, -0.25) is 0 Å². The monoisotopic (exact) mass is 554 g/mol. The van der Waals surface area contributed by atoms with E-state index in [0.29, 0.717) is 5.70 Å². The summed E-state index contributed by atoms with van der Waals surface area (Å²) < 4.78 is 0. The average molecular weight is 555 g/mol. The number of aromatic nitrogens is 6. The molecule has 0 radical (unpaired) electrons. The fraction of sp³-hybridized carbons (Fsp3) is 0.529. The summed E-state index contributed by atoms with van der Waals surface area (Å²) in [7, 11) is 0. The van der Waals surface area contributed by atoms with Gasteiger partial charge in [-0.15, -0.1) is 15.0 Å². The Morgan fingerprint density at radius 2 is 1.27 bits per heavy atom. The van der Waals surface area contributed by atoms with Crippen LogP contribution in [0.3, 0.4) is 0 Å². The fourth-order valence-corrected chi connectivity index (χ4v) is 7.62. The number of fused-ring (bicyclic) bond motifs is 2. The second-order valence-corrected chi connectivity index (χ2v) is 14.8. The first-order valence-electron chi connectivity index (χ1n) is 14.9. The first-order chi connectivity index (χ1) is 19.1. The topological polar surface area (TPSA) is 81.7 Å². The van der Waals surface area contributed by atoms with Gasteiger partial charge in [-0.2, -0.15) is 15.0 Å². The molecule has 0 aliphatic heterocycles. The molecule has 0 fully saturated rings. The van der Waals surface area contributed by atoms with Gasteiger partial charge in [0.25, 0.3) is 0 Å². The van der Waals surface area contributed by atoms with Crippen molar-refractivity contribution in [3.63, 3.8) is 0 Å². The molecule has 0 bridgehead atoms. The summed E-state index contributed by atoms with van der Waals surface area (Å²) in [6.45, 7) is 23.0. The van der Waals surface area contributed by atoms with Gasteiger partial charge in [-0.05, 0) is 64.8 Å². The molecule has 0 spiro atoms. The van der Waals surface area contributed by atoms with Gasteiger partial charge in [-0.25, -0.2) is 0 Å². The number of nitrogens with zero attached hydrogens (tertiary/aromatic N) is 6. The third kappa shape index (κ3) is 4.77. The fourth-order valence-electron chi connectivity index (χ4n) is 7.62. The second-order valence-electron chi connectivity index (χ2n) is 14.8. The smallest absolute Gasteiger partial charge is 0.144 e. The number of hydrogen-bond acceptors (Lipinski definition) is 5. The van der Waals surface area contributed by atoms with Crippen LogP contribution in [0.2, 0.25) is 0 Å². The van der Waals surface area contributed by atoms with Crippen LogP contribution in [-0.2, 0) is 0 Å². The van der Waals surface area contributed by atoms with E-state index in [2.05, 4.69) is 75.3 Å². The maximum atomic E-state index is 12.3. The van der Waals surface area contributed by atoms with E-state index in [-0.39, 0.29) is 27.9 Å². The standard InChI is InChI=1S/C34H46N6O/c1-11-22(2)23-20-34(32(6,7)8,33(9,10)21-31(3,4)5)30(40-37-26-18-14-15-19-27(26)38-40)28(29(23)41)39-35-24-16-12-13-17-25(24)36-39/h12-20,22,30,41H,11,21H2,1-10H3. The summed E-state index contributed by atoms with van der Waals surface area (Å²) in [4.78, 5) is 3.49. The van der Waals surface area contributed by atoms with Gasteiger partial charge in [0, 0.05) is 5.41 Å². The number of hydrogen-bond donors (Lipinski definition) is 1. The molecule has 4 aromatic rings. The van der Waals surface area contributed by atoms with E-state index in [1.54, 1.807) is 4.80 Å². The molecule has 3 atom stereocenters. The van der Waals surface area contributed by atoms with Crippen molar-refractivity contribution in [2.24, 2.45) is 27.6 Å². The Morgan fingerprint density at radius 3 is 1.68 bits per heavy atom. The van der Waals surface area contributed by atoms with E-state index in [0.717, 1.165) is 40.5 Å². The van der Waals surface area contributed by atoms with Gasteiger partial charge in [0.2, 0.25) is 0 Å². The highest BCUT2D eigenvalue weighted by Crippen LogP contribution is 2.66. The Balaban J connectivity index is 1.94. The van der Waals surface area contributed by atoms with Crippen molar-refractivity contribution in [2.75, 3.05) is 0 Å². The van der Waals surface area contributed by atoms with E-state index in [1.807, 2.05) is 53.3 Å². The minimum Gasteiger partial charge on any atom is -0.506 e. The van der Waals surface area contributed by atoms with E-state index in [1.165, 1.54) is 0 Å². The van der Waals surface area contributed by atoms with Crippen LogP contribution in [0.25, 0.3) is 27.8 Å². The van der Waals surface area contributed by atoms with Crippen molar-refractivity contribution >= 4 is 27.8 Å². The van der Waals surface area contributed by atoms with Gasteiger partial charge in [0.05, 0.1) is 0 Å². The van der Waals surface area contributed by atoms with E-state index in [4.69, 9.17) is 20.4 Å². The highest BCUT2D eigenvalue weighted by molar-refractivity contribution is 5.76. The molecule has 0 saturated heterocycles. The first-order valence-corrected chi connectivity index (χ1v) is 14.9. The van der Waals surface area contributed by atoms with E-state index < -0.39 is 11.5 Å². The third-order valence-electron chi connectivity index (χ3n) is 9.10. The van der Waals surface area contributed by atoms with E-state index in [9.17, 15) is 5.11 Å². The summed E-state index contributed by atoms with van der Waals surface area (Å²) in [6, 6.07) is 15.3. The normalized spacial score (nSPS) is 21.5. The molecule has 41 heavy (non-hydrogen) atoms. The van der Waals surface area contributed by atoms with Crippen molar-refractivity contribution in [2.45, 2.75) is 88.1 Å². The summed E-state index contributed by atoms with van der Waals surface area (Å²) in [5.74, 6) is 0.352. The van der Waals surface area contributed by atoms with Crippen LogP contribution in [0.1, 0.15) is 88.1 Å². The Labute approximate surface area is 244 Å². The summed E-state index contributed by atoms with van der Waals surface area (Å²) in [5.41, 5.74) is 3.74. The zero-order valence-electron chi connectivity index (χ0n) is 26.4. The van der Waals surface area contributed by atoms with Crippen LogP contribution >= 0.6 is 0 Å². The maximum absolute atomic E-state index is 12.3. The average Bonchev–Trinajstić information content (AvgIpc) is 3.49. The predicted molar refractivity (Wildman–Crippen MR) is 167 cm³/mol. The lowest BCUT2D eigenvalue weighted by Gasteiger charge is -2.60. The lowest BCUT2D eigenvalue weighted by Crippen LogP contribution is -2.56. The lowest BCUT2D eigenvalue weighted by molar-refractivity contribution is -0.0589. The van der Waals surface area contributed by atoms with Crippen molar-refractivity contribution in [3.8, 4) is 0 Å². The molecule has 2 aromatic carbocycles. The number of aliphatic hydroxyl groups excluding tert-OH is 1. The summed E-state index contributed by atoms with van der Waals surface area (Å²) >= 11 is 0. The zero-order chi connectivity index (χ0) is 30.0. The van der Waals surface area contributed by atoms with Crippen LogP contribution in [0.5, 0.6) is 0 Å². The Hall–Kier alpha value is -3.48. The van der Waals surface area contributed by atoms with Crippen LogP contribution in [0.4, 0.5) is 0 Å². The quantitative estimate of drug-likeness (QED) is 0.258. The van der Waals surface area contributed by atoms with Gasteiger partial charge < -0.3 is 5.11 Å². The van der Waals surface area contributed by atoms with Crippen molar-refractivity contribution in [1.82, 2.24) is 30.0 Å². The van der Waals surface area contributed by atoms with Crippen molar-refractivity contribution in [3.05, 3.63) is 65.9 Å². The zero-order valence-corrected chi connectivity index (χ0v) is 26.4. The maximum Gasteiger partial charge on any atom is 0.144 e. The molecule has 2 aromatic heterocycles. The molecule has 3 unspecified atom stereocenters. The largest absolute Gasteiger partial charge is 0.506 e. The van der Waals surface area contributed by atoms with Gasteiger partial charge in [0.1, 0.15) is 39.6 Å². The van der Waals surface area contributed by atoms with Crippen LogP contribution in [0.15, 0.2) is 65.9 Å². The second kappa shape index (κ2) is 9.81. The molecule has 1 aliphatic rings. The number of aliphatic hydroxyl groups is 1. The molecule has 5 rings (SSSR count). The molecular formula is C34H46N6O. The highest BCUT2D eigenvalue weighted by atomic mass is 16.3. The Bertz CT molecular complexity index is 1570. The predicted octanol–water partition coefficient (Wildman–Crippen LogP) is 8.62. The van der Waals surface area contributed by atoms with Gasteiger partial charge in [0.15, 0.2) is 0 Å². The molecule has 0 saturated carbocycles. The van der Waals surface area contributed by atoms with Gasteiger partial charge in [-0.1, -0.05) is 99.6 Å². The van der Waals surface area contributed by atoms with Crippen LogP contribution in [0, 0.1) is 27.6 Å². The third-order valence-corrected chi connectivity index (χ3v) is 9.10. The summed E-state index contributed by atoms with van der Waals surface area (Å²) in [6.07, 6.45) is 4.22. The molecule has 1 N–H and O–H groups in total. The van der Waals surface area contributed by atoms with Crippen molar-refractivity contribution in [1.29, 1.82) is 0 Å². The molecule has 1 aliphatic carbocycles. The molecular weight excluding hydrogens is 508 g/mol. The summed E-state index contributed by atoms with van der Waals surface area (Å²) in [5, 5.41) is 32.3. The number of rotatable bonds is 6. The van der Waals surface area contributed by atoms with Crippen molar-refractivity contribution < 1.29 is 5.11 Å². The molecule has 7 heteroatoms. The number of allylic oxidation sites excluding steroid dienone is 3. The van der Waals surface area contributed by atoms with Crippen LogP contribution < -0.4 is 0 Å². The lowest BCUT2D eigenvalue weighted by atomic mass is 9.45. The van der Waals surface area contributed by atoms with Gasteiger partial charge >= 0.3 is 0 Å².